The van der Waals surface area contributed by atoms with Crippen molar-refractivity contribution in [3.8, 4) is 5.75 Å². The van der Waals surface area contributed by atoms with E-state index >= 15 is 0 Å². The van der Waals surface area contributed by atoms with E-state index < -0.39 is 0 Å². The highest BCUT2D eigenvalue weighted by Gasteiger charge is 2.05. The Hall–Kier alpha value is -0.740. The smallest absolute Gasteiger partial charge is 0.125 e. The predicted octanol–water partition coefficient (Wildman–Crippen LogP) is 2.67. The number of ether oxygens (including phenoxy) is 2. The minimum absolute atomic E-state index is 0.692. The van der Waals surface area contributed by atoms with Crippen LogP contribution in [-0.2, 0) is 10.5 Å². The van der Waals surface area contributed by atoms with Crippen LogP contribution < -0.4 is 4.74 Å². The predicted molar refractivity (Wildman–Crippen MR) is 68.2 cm³/mol. The van der Waals surface area contributed by atoms with Gasteiger partial charge in [0.2, 0.25) is 0 Å². The molecule has 0 saturated carbocycles. The number of aromatic nitrogens is 1. The van der Waals surface area contributed by atoms with E-state index in [1.54, 1.807) is 18.9 Å². The molecule has 1 aromatic heterocycles. The first-order chi connectivity index (χ1) is 7.79. The zero-order chi connectivity index (χ0) is 11.8. The van der Waals surface area contributed by atoms with Crippen molar-refractivity contribution in [1.29, 1.82) is 0 Å². The van der Waals surface area contributed by atoms with Gasteiger partial charge in [-0.1, -0.05) is 0 Å². The molecule has 0 amide bonds. The summed E-state index contributed by atoms with van der Waals surface area (Å²) in [6.45, 7) is 3.49. The fraction of sp³-hybridized carbons (Fsp3) is 0.583. The summed E-state index contributed by atoms with van der Waals surface area (Å²) in [6.07, 6.45) is 4.80. The average Bonchev–Trinajstić information content (AvgIpc) is 2.29. The van der Waals surface area contributed by atoms with Crippen molar-refractivity contribution in [1.82, 2.24) is 4.98 Å². The number of thioether (sulfide) groups is 1. The second-order valence-corrected chi connectivity index (χ2v) is 4.37. The normalized spacial score (nSPS) is 10.4. The molecule has 0 bridgehead atoms. The molecule has 0 aromatic carbocycles. The van der Waals surface area contributed by atoms with E-state index in [1.807, 2.05) is 12.3 Å². The molecule has 0 N–H and O–H groups in total. The van der Waals surface area contributed by atoms with Crippen molar-refractivity contribution < 1.29 is 9.47 Å². The van der Waals surface area contributed by atoms with Crippen molar-refractivity contribution in [3.63, 3.8) is 0 Å². The summed E-state index contributed by atoms with van der Waals surface area (Å²) in [5.74, 6) is 1.87. The van der Waals surface area contributed by atoms with E-state index in [-0.39, 0.29) is 0 Å². The molecule has 4 heteroatoms. The maximum Gasteiger partial charge on any atom is 0.125 e. The molecule has 0 aliphatic heterocycles. The topological polar surface area (TPSA) is 31.4 Å². The number of nitrogens with zero attached hydrogens (tertiary/aromatic N) is 1. The molecule has 1 heterocycles. The summed E-state index contributed by atoms with van der Waals surface area (Å²) < 4.78 is 10.7. The van der Waals surface area contributed by atoms with Crippen LogP contribution >= 0.6 is 11.8 Å². The molecule has 3 nitrogen and oxygen atoms in total. The quantitative estimate of drug-likeness (QED) is 0.687. The molecule has 0 aliphatic rings. The number of pyridine rings is 1. The molecule has 1 rings (SSSR count). The third-order valence-electron chi connectivity index (χ3n) is 2.29. The van der Waals surface area contributed by atoms with Crippen molar-refractivity contribution in [2.24, 2.45) is 0 Å². The van der Waals surface area contributed by atoms with Crippen LogP contribution in [0.5, 0.6) is 5.75 Å². The van der Waals surface area contributed by atoms with Crippen LogP contribution in [0.25, 0.3) is 0 Å². The summed E-state index contributed by atoms with van der Waals surface area (Å²) >= 11 is 1.77. The molecule has 0 unspecified atom stereocenters. The van der Waals surface area contributed by atoms with Crippen molar-refractivity contribution in [3.05, 3.63) is 23.5 Å². The van der Waals surface area contributed by atoms with E-state index in [4.69, 9.17) is 9.47 Å². The second kappa shape index (κ2) is 7.52. The molecule has 0 spiro atoms. The van der Waals surface area contributed by atoms with Gasteiger partial charge in [0.25, 0.3) is 0 Å². The number of methoxy groups -OCH3 is 1. The van der Waals surface area contributed by atoms with Crippen LogP contribution in [0.2, 0.25) is 0 Å². The first kappa shape index (κ1) is 13.3. The number of rotatable bonds is 7. The van der Waals surface area contributed by atoms with Crippen molar-refractivity contribution in [2.45, 2.75) is 19.1 Å². The van der Waals surface area contributed by atoms with Crippen LogP contribution in [0.3, 0.4) is 0 Å². The Labute approximate surface area is 102 Å². The lowest BCUT2D eigenvalue weighted by atomic mass is 10.2. The minimum Gasteiger partial charge on any atom is -0.493 e. The largest absolute Gasteiger partial charge is 0.493 e. The molecule has 1 aromatic rings. The molecular weight excluding hydrogens is 222 g/mol. The Morgan fingerprint density at radius 1 is 1.38 bits per heavy atom. The molecule has 0 radical (unpaired) electrons. The highest BCUT2D eigenvalue weighted by Crippen LogP contribution is 2.22. The van der Waals surface area contributed by atoms with Gasteiger partial charge in [0, 0.05) is 37.7 Å². The van der Waals surface area contributed by atoms with E-state index in [9.17, 15) is 0 Å². The molecular formula is C12H19NO2S. The maximum absolute atomic E-state index is 5.70. The fourth-order valence-corrected chi connectivity index (χ4v) is 1.95. The number of hydrogen-bond donors (Lipinski definition) is 0. The minimum atomic E-state index is 0.692. The van der Waals surface area contributed by atoms with Gasteiger partial charge in [0.15, 0.2) is 0 Å². The SMILES string of the molecule is COCCCOc1ccnc(CSC)c1C. The van der Waals surface area contributed by atoms with Gasteiger partial charge in [0.1, 0.15) is 5.75 Å². The summed E-state index contributed by atoms with van der Waals surface area (Å²) in [5, 5.41) is 0. The lowest BCUT2D eigenvalue weighted by molar-refractivity contribution is 0.172. The lowest BCUT2D eigenvalue weighted by Gasteiger charge is -2.11. The average molecular weight is 241 g/mol. The maximum atomic E-state index is 5.70. The Morgan fingerprint density at radius 3 is 2.88 bits per heavy atom. The van der Waals surface area contributed by atoms with Gasteiger partial charge < -0.3 is 9.47 Å². The summed E-state index contributed by atoms with van der Waals surface area (Å²) in [6, 6.07) is 1.92. The van der Waals surface area contributed by atoms with Gasteiger partial charge in [-0.15, -0.1) is 0 Å². The summed E-state index contributed by atoms with van der Waals surface area (Å²) in [5.41, 5.74) is 2.26. The van der Waals surface area contributed by atoms with Crippen molar-refractivity contribution >= 4 is 11.8 Å². The van der Waals surface area contributed by atoms with Gasteiger partial charge >= 0.3 is 0 Å². The molecule has 16 heavy (non-hydrogen) atoms. The Kier molecular flexibility index (Phi) is 6.26. The van der Waals surface area contributed by atoms with E-state index in [2.05, 4.69) is 18.2 Å². The zero-order valence-electron chi connectivity index (χ0n) is 10.2. The molecule has 0 atom stereocenters. The van der Waals surface area contributed by atoms with Crippen LogP contribution in [0.4, 0.5) is 0 Å². The third kappa shape index (κ3) is 4.02. The Balaban J connectivity index is 2.55. The first-order valence-electron chi connectivity index (χ1n) is 5.34. The highest BCUT2D eigenvalue weighted by atomic mass is 32.2. The van der Waals surface area contributed by atoms with Gasteiger partial charge in [-0.05, 0) is 19.2 Å². The lowest BCUT2D eigenvalue weighted by Crippen LogP contribution is -2.04. The van der Waals surface area contributed by atoms with Crippen LogP contribution in [-0.4, -0.2) is 31.6 Å². The van der Waals surface area contributed by atoms with Crippen molar-refractivity contribution in [2.75, 3.05) is 26.6 Å². The monoisotopic (exact) mass is 241 g/mol. The van der Waals surface area contributed by atoms with Gasteiger partial charge in [-0.2, -0.15) is 11.8 Å². The number of hydrogen-bond acceptors (Lipinski definition) is 4. The molecule has 0 saturated heterocycles. The zero-order valence-corrected chi connectivity index (χ0v) is 11.0. The van der Waals surface area contributed by atoms with E-state index in [0.717, 1.165) is 35.8 Å². The molecule has 0 aliphatic carbocycles. The highest BCUT2D eigenvalue weighted by molar-refractivity contribution is 7.97. The fourth-order valence-electron chi connectivity index (χ4n) is 1.38. The van der Waals surface area contributed by atoms with Gasteiger partial charge in [0.05, 0.1) is 12.3 Å². The Morgan fingerprint density at radius 2 is 2.19 bits per heavy atom. The summed E-state index contributed by atoms with van der Waals surface area (Å²) in [7, 11) is 1.70. The first-order valence-corrected chi connectivity index (χ1v) is 6.74. The molecule has 0 fully saturated rings. The second-order valence-electron chi connectivity index (χ2n) is 3.51. The van der Waals surface area contributed by atoms with E-state index in [0.29, 0.717) is 6.61 Å². The van der Waals surface area contributed by atoms with Gasteiger partial charge in [-0.25, -0.2) is 0 Å². The van der Waals surface area contributed by atoms with Crippen LogP contribution in [0.15, 0.2) is 12.3 Å². The molecule has 90 valence electrons. The van der Waals surface area contributed by atoms with Gasteiger partial charge in [-0.3, -0.25) is 4.98 Å². The Bertz CT molecular complexity index is 318. The van der Waals surface area contributed by atoms with E-state index in [1.165, 1.54) is 0 Å². The standard InChI is InChI=1S/C12H19NO2S/c1-10-11(9-16-3)13-6-5-12(10)15-8-4-7-14-2/h5-6H,4,7-9H2,1-3H3. The van der Waals surface area contributed by atoms with Crippen LogP contribution in [0.1, 0.15) is 17.7 Å². The third-order valence-corrected chi connectivity index (χ3v) is 2.85. The summed E-state index contributed by atoms with van der Waals surface area (Å²) in [4.78, 5) is 4.35. The van der Waals surface area contributed by atoms with Crippen LogP contribution in [0, 0.1) is 6.92 Å².